The van der Waals surface area contributed by atoms with Gasteiger partial charge in [0, 0.05) is 4.47 Å². The first-order valence-corrected chi connectivity index (χ1v) is 9.92. The van der Waals surface area contributed by atoms with Gasteiger partial charge in [0.15, 0.2) is 18.1 Å². The number of benzene rings is 2. The minimum Gasteiger partial charge on any atom is -0.493 e. The summed E-state index contributed by atoms with van der Waals surface area (Å²) in [6.07, 6.45) is 4.84. The summed E-state index contributed by atoms with van der Waals surface area (Å²) < 4.78 is 17.5. The summed E-state index contributed by atoms with van der Waals surface area (Å²) in [5, 5.41) is 3.95. The van der Waals surface area contributed by atoms with Gasteiger partial charge in [-0.2, -0.15) is 5.10 Å². The first-order chi connectivity index (χ1) is 13.6. The SMILES string of the molecule is CCCCCOc1ccc(/C=N/NC(=O)COc2ccc(Br)cc2)cc1OC. The molecule has 150 valence electrons. The van der Waals surface area contributed by atoms with Crippen LogP contribution in [0.1, 0.15) is 31.7 Å². The Balaban J connectivity index is 1.82. The van der Waals surface area contributed by atoms with Crippen LogP contribution in [-0.4, -0.2) is 32.4 Å². The van der Waals surface area contributed by atoms with Crippen LogP contribution in [0.2, 0.25) is 0 Å². The number of methoxy groups -OCH3 is 1. The van der Waals surface area contributed by atoms with Gasteiger partial charge in [-0.25, -0.2) is 5.43 Å². The molecule has 0 aromatic heterocycles. The molecular weight excluding hydrogens is 424 g/mol. The number of hydrogen-bond donors (Lipinski definition) is 1. The lowest BCUT2D eigenvalue weighted by atomic mass is 10.2. The van der Waals surface area contributed by atoms with Crippen LogP contribution in [0.25, 0.3) is 0 Å². The van der Waals surface area contributed by atoms with Gasteiger partial charge in [0.2, 0.25) is 0 Å². The zero-order valence-electron chi connectivity index (χ0n) is 16.1. The predicted molar refractivity (Wildman–Crippen MR) is 113 cm³/mol. The van der Waals surface area contributed by atoms with Crippen molar-refractivity contribution in [2.24, 2.45) is 5.10 Å². The van der Waals surface area contributed by atoms with E-state index < -0.39 is 0 Å². The van der Waals surface area contributed by atoms with Crippen molar-refractivity contribution in [3.05, 3.63) is 52.5 Å². The molecule has 28 heavy (non-hydrogen) atoms. The van der Waals surface area contributed by atoms with E-state index in [0.29, 0.717) is 23.9 Å². The maximum absolute atomic E-state index is 11.8. The molecule has 2 aromatic carbocycles. The van der Waals surface area contributed by atoms with E-state index in [1.807, 2.05) is 30.3 Å². The molecule has 0 spiro atoms. The molecule has 0 fully saturated rings. The van der Waals surface area contributed by atoms with Crippen LogP contribution in [-0.2, 0) is 4.79 Å². The highest BCUT2D eigenvalue weighted by molar-refractivity contribution is 9.10. The number of carbonyl (C=O) groups excluding carboxylic acids is 1. The van der Waals surface area contributed by atoms with E-state index in [2.05, 4.69) is 33.4 Å². The van der Waals surface area contributed by atoms with Gasteiger partial charge in [0.1, 0.15) is 5.75 Å². The second-order valence-electron chi connectivity index (χ2n) is 6.00. The molecule has 0 radical (unpaired) electrons. The minimum atomic E-state index is -0.345. The average Bonchev–Trinajstić information content (AvgIpc) is 2.71. The number of hydrazone groups is 1. The summed E-state index contributed by atoms with van der Waals surface area (Å²) in [4.78, 5) is 11.8. The van der Waals surface area contributed by atoms with Gasteiger partial charge in [-0.3, -0.25) is 4.79 Å². The first kappa shape index (κ1) is 21.8. The topological polar surface area (TPSA) is 69.2 Å². The van der Waals surface area contributed by atoms with Crippen LogP contribution >= 0.6 is 15.9 Å². The Bertz CT molecular complexity index is 778. The molecule has 1 amide bonds. The summed E-state index contributed by atoms with van der Waals surface area (Å²) in [7, 11) is 1.59. The maximum atomic E-state index is 11.8. The van der Waals surface area contributed by atoms with Crippen molar-refractivity contribution < 1.29 is 19.0 Å². The molecule has 6 nitrogen and oxygen atoms in total. The molecule has 0 aliphatic carbocycles. The summed E-state index contributed by atoms with van der Waals surface area (Å²) >= 11 is 3.34. The lowest BCUT2D eigenvalue weighted by Crippen LogP contribution is -2.24. The summed E-state index contributed by atoms with van der Waals surface area (Å²) in [5.74, 6) is 1.59. The molecule has 0 unspecified atom stereocenters. The van der Waals surface area contributed by atoms with E-state index in [1.54, 1.807) is 25.5 Å². The van der Waals surface area contributed by atoms with Crippen molar-refractivity contribution in [1.29, 1.82) is 0 Å². The highest BCUT2D eigenvalue weighted by atomic mass is 79.9. The Morgan fingerprint density at radius 3 is 2.61 bits per heavy atom. The molecule has 0 aliphatic rings. The van der Waals surface area contributed by atoms with Crippen molar-refractivity contribution in [3.8, 4) is 17.2 Å². The van der Waals surface area contributed by atoms with Gasteiger partial charge in [0.25, 0.3) is 5.91 Å². The van der Waals surface area contributed by atoms with Crippen molar-refractivity contribution in [3.63, 3.8) is 0 Å². The molecule has 0 saturated carbocycles. The van der Waals surface area contributed by atoms with Gasteiger partial charge < -0.3 is 14.2 Å². The first-order valence-electron chi connectivity index (χ1n) is 9.13. The molecule has 0 atom stereocenters. The molecule has 0 saturated heterocycles. The molecule has 2 rings (SSSR count). The number of unbranched alkanes of at least 4 members (excludes halogenated alkanes) is 2. The Morgan fingerprint density at radius 1 is 1.11 bits per heavy atom. The third-order valence-electron chi connectivity index (χ3n) is 3.78. The monoisotopic (exact) mass is 448 g/mol. The van der Waals surface area contributed by atoms with E-state index in [1.165, 1.54) is 0 Å². The van der Waals surface area contributed by atoms with Crippen molar-refractivity contribution >= 4 is 28.1 Å². The fraction of sp³-hybridized carbons (Fsp3) is 0.333. The number of nitrogens with zero attached hydrogens (tertiary/aromatic N) is 1. The molecule has 0 aliphatic heterocycles. The maximum Gasteiger partial charge on any atom is 0.277 e. The predicted octanol–water partition coefficient (Wildman–Crippen LogP) is 4.56. The van der Waals surface area contributed by atoms with E-state index >= 15 is 0 Å². The Kier molecular flexibility index (Phi) is 9.34. The lowest BCUT2D eigenvalue weighted by molar-refractivity contribution is -0.123. The van der Waals surface area contributed by atoms with Crippen LogP contribution in [0.4, 0.5) is 0 Å². The lowest BCUT2D eigenvalue weighted by Gasteiger charge is -2.11. The Hall–Kier alpha value is -2.54. The largest absolute Gasteiger partial charge is 0.493 e. The third-order valence-corrected chi connectivity index (χ3v) is 4.31. The second-order valence-corrected chi connectivity index (χ2v) is 6.92. The molecule has 1 N–H and O–H groups in total. The third kappa shape index (κ3) is 7.60. The standard InChI is InChI=1S/C21H25BrN2O4/c1-3-4-5-12-27-19-11-6-16(13-20(19)26-2)14-23-24-21(25)15-28-18-9-7-17(22)8-10-18/h6-11,13-14H,3-5,12,15H2,1-2H3,(H,24,25)/b23-14+. The number of halogens is 1. The van der Waals surface area contributed by atoms with Crippen molar-refractivity contribution in [2.75, 3.05) is 20.3 Å². The fourth-order valence-corrected chi connectivity index (χ4v) is 2.57. The zero-order valence-corrected chi connectivity index (χ0v) is 17.7. The molecule has 0 heterocycles. The van der Waals surface area contributed by atoms with E-state index in [4.69, 9.17) is 14.2 Å². The van der Waals surface area contributed by atoms with Crippen LogP contribution in [0.5, 0.6) is 17.2 Å². The smallest absolute Gasteiger partial charge is 0.277 e. The van der Waals surface area contributed by atoms with Gasteiger partial charge in [-0.15, -0.1) is 0 Å². The van der Waals surface area contributed by atoms with Gasteiger partial charge in [0.05, 0.1) is 19.9 Å². The van der Waals surface area contributed by atoms with Crippen LogP contribution in [0.15, 0.2) is 52.0 Å². The number of rotatable bonds is 11. The molecular formula is C21H25BrN2O4. The van der Waals surface area contributed by atoms with Crippen molar-refractivity contribution in [1.82, 2.24) is 5.43 Å². The van der Waals surface area contributed by atoms with Gasteiger partial charge in [-0.05, 0) is 54.4 Å². The van der Waals surface area contributed by atoms with E-state index in [-0.39, 0.29) is 12.5 Å². The normalized spacial score (nSPS) is 10.7. The Morgan fingerprint density at radius 2 is 1.89 bits per heavy atom. The number of ether oxygens (including phenoxy) is 3. The second kappa shape index (κ2) is 12.0. The Labute approximate surface area is 174 Å². The number of carbonyl (C=O) groups is 1. The van der Waals surface area contributed by atoms with Crippen LogP contribution < -0.4 is 19.6 Å². The van der Waals surface area contributed by atoms with Crippen LogP contribution in [0.3, 0.4) is 0 Å². The minimum absolute atomic E-state index is 0.118. The van der Waals surface area contributed by atoms with Gasteiger partial charge in [-0.1, -0.05) is 35.7 Å². The number of amides is 1. The average molecular weight is 449 g/mol. The molecule has 7 heteroatoms. The van der Waals surface area contributed by atoms with E-state index in [0.717, 1.165) is 29.3 Å². The van der Waals surface area contributed by atoms with Crippen molar-refractivity contribution in [2.45, 2.75) is 26.2 Å². The van der Waals surface area contributed by atoms with Gasteiger partial charge >= 0.3 is 0 Å². The highest BCUT2D eigenvalue weighted by Crippen LogP contribution is 2.27. The quantitative estimate of drug-likeness (QED) is 0.310. The number of nitrogens with one attached hydrogen (secondary N) is 1. The highest BCUT2D eigenvalue weighted by Gasteiger charge is 2.05. The summed E-state index contributed by atoms with van der Waals surface area (Å²) in [6.45, 7) is 2.69. The molecule has 2 aromatic rings. The molecule has 0 bridgehead atoms. The zero-order chi connectivity index (χ0) is 20.2. The summed E-state index contributed by atoms with van der Waals surface area (Å²) in [5.41, 5.74) is 3.22. The fourth-order valence-electron chi connectivity index (χ4n) is 2.31. The summed E-state index contributed by atoms with van der Waals surface area (Å²) in [6, 6.07) is 12.7. The number of hydrogen-bond acceptors (Lipinski definition) is 5. The van der Waals surface area contributed by atoms with Crippen LogP contribution in [0, 0.1) is 0 Å². The van der Waals surface area contributed by atoms with E-state index in [9.17, 15) is 4.79 Å².